The molecule has 0 radical (unpaired) electrons. The zero-order chi connectivity index (χ0) is 20.7. The number of nitrogens with one attached hydrogen (secondary N) is 1. The van der Waals surface area contributed by atoms with Crippen molar-refractivity contribution in [1.82, 2.24) is 10.2 Å². The van der Waals surface area contributed by atoms with Crippen LogP contribution < -0.4 is 5.32 Å². The molecule has 2 aliphatic heterocycles. The molecular weight excluding hydrogens is 400 g/mol. The lowest BCUT2D eigenvalue weighted by Gasteiger charge is -2.12. The highest BCUT2D eigenvalue weighted by Gasteiger charge is 2.25. The van der Waals surface area contributed by atoms with Gasteiger partial charge in [-0.3, -0.25) is 19.7 Å². The summed E-state index contributed by atoms with van der Waals surface area (Å²) in [5.41, 5.74) is 4.58. The molecule has 2 aliphatic rings. The highest BCUT2D eigenvalue weighted by atomic mass is 32.2. The van der Waals surface area contributed by atoms with Gasteiger partial charge in [0.1, 0.15) is 5.58 Å². The topological polar surface area (TPSA) is 79.6 Å². The Bertz CT molecular complexity index is 1250. The van der Waals surface area contributed by atoms with E-state index in [2.05, 4.69) is 5.32 Å². The predicted octanol–water partition coefficient (Wildman–Crippen LogP) is 4.31. The second kappa shape index (κ2) is 7.35. The summed E-state index contributed by atoms with van der Waals surface area (Å²) in [4.78, 5) is 37.9. The van der Waals surface area contributed by atoms with E-state index >= 15 is 0 Å². The van der Waals surface area contributed by atoms with Crippen molar-refractivity contribution in [2.45, 2.75) is 13.1 Å². The van der Waals surface area contributed by atoms with Crippen molar-refractivity contribution in [2.24, 2.45) is 0 Å². The maximum absolute atomic E-state index is 12.6. The van der Waals surface area contributed by atoms with E-state index in [4.69, 9.17) is 4.42 Å². The van der Waals surface area contributed by atoms with Crippen molar-refractivity contribution < 1.29 is 18.8 Å². The van der Waals surface area contributed by atoms with Gasteiger partial charge in [-0.1, -0.05) is 30.3 Å². The van der Waals surface area contributed by atoms with Crippen LogP contribution >= 0.6 is 11.8 Å². The summed E-state index contributed by atoms with van der Waals surface area (Å²) in [6.45, 7) is 1.23. The Kier molecular flexibility index (Phi) is 4.52. The largest absolute Gasteiger partial charge is 0.464 e. The van der Waals surface area contributed by atoms with Gasteiger partial charge in [0.25, 0.3) is 11.1 Å². The van der Waals surface area contributed by atoms with Crippen LogP contribution in [-0.2, 0) is 22.7 Å². The molecule has 0 atom stereocenters. The van der Waals surface area contributed by atoms with Gasteiger partial charge in [-0.2, -0.15) is 0 Å². The molecule has 0 saturated carbocycles. The van der Waals surface area contributed by atoms with Crippen LogP contribution in [-0.4, -0.2) is 22.0 Å². The fourth-order valence-electron chi connectivity index (χ4n) is 3.61. The van der Waals surface area contributed by atoms with Crippen molar-refractivity contribution in [1.29, 1.82) is 0 Å². The Hall–Kier alpha value is -3.58. The van der Waals surface area contributed by atoms with Crippen LogP contribution in [0.3, 0.4) is 0 Å². The number of benzene rings is 2. The number of hydrogen-bond donors (Lipinski definition) is 1. The van der Waals surface area contributed by atoms with E-state index in [1.54, 1.807) is 35.5 Å². The number of hydrogen-bond acceptors (Lipinski definition) is 5. The molecule has 148 valence electrons. The first-order valence-corrected chi connectivity index (χ1v) is 10.2. The summed E-state index contributed by atoms with van der Waals surface area (Å²) in [6, 6.07) is 13.5. The third-order valence-electron chi connectivity index (χ3n) is 5.13. The van der Waals surface area contributed by atoms with Crippen LogP contribution in [0.15, 0.2) is 64.1 Å². The molecule has 7 heteroatoms. The van der Waals surface area contributed by atoms with Gasteiger partial charge in [0.15, 0.2) is 0 Å². The number of amides is 3. The van der Waals surface area contributed by atoms with E-state index in [0.29, 0.717) is 23.6 Å². The van der Waals surface area contributed by atoms with E-state index in [9.17, 15) is 14.4 Å². The first kappa shape index (κ1) is 18.4. The number of fused-ring (bicyclic) bond motifs is 2. The number of carbonyl (C=O) groups is 3. The van der Waals surface area contributed by atoms with Crippen molar-refractivity contribution in [2.75, 3.05) is 0 Å². The Labute approximate surface area is 176 Å². The van der Waals surface area contributed by atoms with E-state index in [-0.39, 0.29) is 11.1 Å². The fourth-order valence-corrected chi connectivity index (χ4v) is 4.30. The lowest BCUT2D eigenvalue weighted by atomic mass is 10.1. The number of nitrogens with zero attached hydrogens (tertiary/aromatic N) is 1. The Morgan fingerprint density at radius 2 is 1.87 bits per heavy atom. The van der Waals surface area contributed by atoms with Crippen LogP contribution in [0.4, 0.5) is 4.79 Å². The zero-order valence-corrected chi connectivity index (χ0v) is 16.6. The summed E-state index contributed by atoms with van der Waals surface area (Å²) in [7, 11) is 0. The van der Waals surface area contributed by atoms with Gasteiger partial charge < -0.3 is 9.32 Å². The van der Waals surface area contributed by atoms with Gasteiger partial charge in [0, 0.05) is 30.1 Å². The fraction of sp³-hybridized carbons (Fsp3) is 0.0870. The molecule has 0 bridgehead atoms. The van der Waals surface area contributed by atoms with Crippen LogP contribution in [0.5, 0.6) is 0 Å². The van der Waals surface area contributed by atoms with E-state index in [1.807, 2.05) is 36.4 Å². The number of furan rings is 1. The van der Waals surface area contributed by atoms with E-state index in [0.717, 1.165) is 28.3 Å². The van der Waals surface area contributed by atoms with Crippen LogP contribution in [0.1, 0.15) is 22.3 Å². The molecule has 1 saturated heterocycles. The molecule has 2 aromatic carbocycles. The minimum Gasteiger partial charge on any atom is -0.464 e. The maximum Gasteiger partial charge on any atom is 0.290 e. The molecule has 0 unspecified atom stereocenters. The molecule has 1 fully saturated rings. The third-order valence-corrected chi connectivity index (χ3v) is 5.94. The van der Waals surface area contributed by atoms with Gasteiger partial charge in [-0.15, -0.1) is 0 Å². The number of thioether (sulfide) groups is 1. The molecule has 0 spiro atoms. The molecule has 30 heavy (non-hydrogen) atoms. The molecular formula is C23H16N2O4S. The van der Waals surface area contributed by atoms with Crippen molar-refractivity contribution in [3.63, 3.8) is 0 Å². The van der Waals surface area contributed by atoms with Crippen LogP contribution in [0, 0.1) is 0 Å². The van der Waals surface area contributed by atoms with Crippen molar-refractivity contribution >= 4 is 51.9 Å². The predicted molar refractivity (Wildman–Crippen MR) is 115 cm³/mol. The monoisotopic (exact) mass is 416 g/mol. The van der Waals surface area contributed by atoms with Gasteiger partial charge >= 0.3 is 0 Å². The average Bonchev–Trinajstić information content (AvgIpc) is 3.43. The molecule has 3 aromatic rings. The number of imide groups is 1. The standard InChI is InChI=1S/C23H16N2O4S/c26-21(25-11-15-3-1-2-4-16(15)12-25)8-6-17-13-29-19-7-5-14(9-18(17)19)10-20-22(27)24-23(28)30-20/h1-10,13H,11-12H2,(H,24,27,28). The lowest BCUT2D eigenvalue weighted by molar-refractivity contribution is -0.126. The van der Waals surface area contributed by atoms with Gasteiger partial charge in [-0.25, -0.2) is 0 Å². The quantitative estimate of drug-likeness (QED) is 0.644. The second-order valence-electron chi connectivity index (χ2n) is 7.10. The molecule has 3 amide bonds. The first-order valence-electron chi connectivity index (χ1n) is 9.37. The SMILES string of the molecule is O=C1NC(=O)C(=Cc2ccc3occ(C=CC(=O)N4Cc5ccccc5C4)c3c2)S1. The number of carbonyl (C=O) groups excluding carboxylic acids is 3. The van der Waals surface area contributed by atoms with Gasteiger partial charge in [-0.05, 0) is 52.7 Å². The van der Waals surface area contributed by atoms with E-state index in [1.165, 1.54) is 11.1 Å². The Morgan fingerprint density at radius 1 is 1.10 bits per heavy atom. The minimum atomic E-state index is -0.394. The first-order chi connectivity index (χ1) is 14.6. The molecule has 5 rings (SSSR count). The normalized spacial score (nSPS) is 17.3. The molecule has 1 N–H and O–H groups in total. The summed E-state index contributed by atoms with van der Waals surface area (Å²) >= 11 is 0.877. The van der Waals surface area contributed by atoms with Gasteiger partial charge in [0.05, 0.1) is 11.2 Å². The van der Waals surface area contributed by atoms with Crippen LogP contribution in [0.2, 0.25) is 0 Å². The van der Waals surface area contributed by atoms with E-state index < -0.39 is 5.91 Å². The van der Waals surface area contributed by atoms with Crippen molar-refractivity contribution in [3.8, 4) is 0 Å². The van der Waals surface area contributed by atoms with Gasteiger partial charge in [0.2, 0.25) is 5.91 Å². The maximum atomic E-state index is 12.6. The summed E-state index contributed by atoms with van der Waals surface area (Å²) in [5, 5.41) is 2.70. The minimum absolute atomic E-state index is 0.0589. The molecule has 1 aromatic heterocycles. The molecule has 0 aliphatic carbocycles. The van der Waals surface area contributed by atoms with Crippen LogP contribution in [0.25, 0.3) is 23.1 Å². The Morgan fingerprint density at radius 3 is 2.57 bits per heavy atom. The summed E-state index contributed by atoms with van der Waals surface area (Å²) in [5.74, 6) is -0.453. The highest BCUT2D eigenvalue weighted by molar-refractivity contribution is 8.18. The lowest BCUT2D eigenvalue weighted by Crippen LogP contribution is -2.22. The second-order valence-corrected chi connectivity index (χ2v) is 8.11. The molecule has 3 heterocycles. The smallest absolute Gasteiger partial charge is 0.290 e. The Balaban J connectivity index is 1.37. The average molecular weight is 416 g/mol. The molecule has 6 nitrogen and oxygen atoms in total. The zero-order valence-electron chi connectivity index (χ0n) is 15.8. The summed E-state index contributed by atoms with van der Waals surface area (Å²) < 4.78 is 5.59. The highest BCUT2D eigenvalue weighted by Crippen LogP contribution is 2.29. The summed E-state index contributed by atoms with van der Waals surface area (Å²) in [6.07, 6.45) is 6.57. The third kappa shape index (κ3) is 3.44. The number of rotatable bonds is 3. The van der Waals surface area contributed by atoms with Crippen molar-refractivity contribution in [3.05, 3.63) is 82.0 Å².